The molecule has 9 nitrogen and oxygen atoms in total. The molecular formula is C28H33NO8. The summed E-state index contributed by atoms with van der Waals surface area (Å²) < 4.78 is 22.2. The smallest absolute Gasteiger partial charge is 0.325 e. The Hall–Kier alpha value is -3.88. The number of carbonyl (C=O) groups excluding carboxylic acids is 4. The van der Waals surface area contributed by atoms with Crippen molar-refractivity contribution in [2.45, 2.75) is 65.6 Å². The summed E-state index contributed by atoms with van der Waals surface area (Å²) in [5.74, 6) is -1.52. The van der Waals surface area contributed by atoms with Crippen LogP contribution in [0.25, 0.3) is 0 Å². The van der Waals surface area contributed by atoms with Gasteiger partial charge in [-0.3, -0.25) is 24.1 Å². The molecular weight excluding hydrogens is 478 g/mol. The predicted octanol–water partition coefficient (Wildman–Crippen LogP) is 4.43. The highest BCUT2D eigenvalue weighted by molar-refractivity contribution is 6.03. The number of amides is 1. The van der Waals surface area contributed by atoms with Gasteiger partial charge in [-0.1, -0.05) is 39.8 Å². The van der Waals surface area contributed by atoms with Crippen LogP contribution in [0.3, 0.4) is 0 Å². The van der Waals surface area contributed by atoms with Gasteiger partial charge in [-0.2, -0.15) is 0 Å². The summed E-state index contributed by atoms with van der Waals surface area (Å²) >= 11 is 0. The Bertz CT molecular complexity index is 1170. The number of rotatable bonds is 8. The molecule has 198 valence electrons. The van der Waals surface area contributed by atoms with Gasteiger partial charge in [-0.05, 0) is 52.8 Å². The number of hydrogen-bond donors (Lipinski definition) is 0. The summed E-state index contributed by atoms with van der Waals surface area (Å²) in [6, 6.07) is 10.3. The van der Waals surface area contributed by atoms with Crippen molar-refractivity contribution in [1.82, 2.24) is 0 Å². The summed E-state index contributed by atoms with van der Waals surface area (Å²) in [6.45, 7) is 10.1. The molecule has 1 heterocycles. The van der Waals surface area contributed by atoms with Crippen LogP contribution in [0, 0.1) is 0 Å². The SMILES string of the molecule is COC(=O)CN1C(=O)C(C(OC(C)=O)c2cc(C(C)C)c(OC(C)=O)c(C(C)C)c2)Oc2ccccc21. The standard InChI is InChI=1S/C28H33NO8/c1-15(2)20-12-19(13-21(16(3)4)26(20)36-18(6)31)25(35-17(5)30)27-28(33)29(14-24(32)34-7)22-10-8-9-11-23(22)37-27/h8-13,15-16,25,27H,14H2,1-7H3. The van der Waals surface area contributed by atoms with E-state index in [1.807, 2.05) is 27.7 Å². The van der Waals surface area contributed by atoms with E-state index < -0.39 is 36.0 Å². The van der Waals surface area contributed by atoms with Crippen LogP contribution < -0.4 is 14.4 Å². The third-order valence-corrected chi connectivity index (χ3v) is 5.99. The van der Waals surface area contributed by atoms with Crippen molar-refractivity contribution in [2.24, 2.45) is 0 Å². The lowest BCUT2D eigenvalue weighted by Crippen LogP contribution is -2.51. The normalized spacial score (nSPS) is 15.6. The fraction of sp³-hybridized carbons (Fsp3) is 0.429. The van der Waals surface area contributed by atoms with Gasteiger partial charge in [-0.15, -0.1) is 0 Å². The molecule has 0 N–H and O–H groups in total. The molecule has 0 spiro atoms. The van der Waals surface area contributed by atoms with Crippen molar-refractivity contribution >= 4 is 29.5 Å². The van der Waals surface area contributed by atoms with Crippen molar-refractivity contribution in [3.8, 4) is 11.5 Å². The number of para-hydroxylation sites is 2. The van der Waals surface area contributed by atoms with Gasteiger partial charge >= 0.3 is 17.9 Å². The molecule has 0 bridgehead atoms. The molecule has 1 aliphatic rings. The zero-order valence-corrected chi connectivity index (χ0v) is 22.2. The van der Waals surface area contributed by atoms with Crippen LogP contribution in [-0.2, 0) is 28.7 Å². The minimum atomic E-state index is -1.27. The van der Waals surface area contributed by atoms with E-state index in [9.17, 15) is 19.2 Å². The number of esters is 3. The maximum Gasteiger partial charge on any atom is 0.325 e. The molecule has 37 heavy (non-hydrogen) atoms. The Labute approximate surface area is 216 Å². The van der Waals surface area contributed by atoms with E-state index in [2.05, 4.69) is 0 Å². The Balaban J connectivity index is 2.19. The highest BCUT2D eigenvalue weighted by Crippen LogP contribution is 2.42. The van der Waals surface area contributed by atoms with Crippen LogP contribution >= 0.6 is 0 Å². The molecule has 0 saturated heterocycles. The first-order valence-corrected chi connectivity index (χ1v) is 12.1. The van der Waals surface area contributed by atoms with Crippen LogP contribution in [0.5, 0.6) is 11.5 Å². The number of fused-ring (bicyclic) bond motifs is 1. The first-order chi connectivity index (χ1) is 17.4. The number of benzene rings is 2. The minimum Gasteiger partial charge on any atom is -0.474 e. The monoisotopic (exact) mass is 511 g/mol. The van der Waals surface area contributed by atoms with Crippen molar-refractivity contribution < 1.29 is 38.1 Å². The summed E-state index contributed by atoms with van der Waals surface area (Å²) in [5.41, 5.74) is 2.37. The summed E-state index contributed by atoms with van der Waals surface area (Å²) in [4.78, 5) is 51.2. The second-order valence-corrected chi connectivity index (χ2v) is 9.47. The van der Waals surface area contributed by atoms with Gasteiger partial charge in [0, 0.05) is 13.8 Å². The summed E-state index contributed by atoms with van der Waals surface area (Å²) in [7, 11) is 1.24. The first kappa shape index (κ1) is 27.7. The number of nitrogens with zero attached hydrogens (tertiary/aromatic N) is 1. The molecule has 2 unspecified atom stereocenters. The summed E-state index contributed by atoms with van der Waals surface area (Å²) in [6.07, 6.45) is -2.41. The first-order valence-electron chi connectivity index (χ1n) is 12.1. The van der Waals surface area contributed by atoms with Crippen molar-refractivity contribution in [2.75, 3.05) is 18.6 Å². The largest absolute Gasteiger partial charge is 0.474 e. The lowest BCUT2D eigenvalue weighted by atomic mass is 9.88. The molecule has 0 fully saturated rings. The van der Waals surface area contributed by atoms with Crippen LogP contribution in [0.4, 0.5) is 5.69 Å². The Morgan fingerprint density at radius 1 is 0.973 bits per heavy atom. The zero-order valence-electron chi connectivity index (χ0n) is 22.2. The maximum absolute atomic E-state index is 13.7. The molecule has 0 radical (unpaired) electrons. The third-order valence-electron chi connectivity index (χ3n) is 5.99. The van der Waals surface area contributed by atoms with Crippen molar-refractivity contribution in [1.29, 1.82) is 0 Å². The van der Waals surface area contributed by atoms with Gasteiger partial charge in [-0.25, -0.2) is 0 Å². The van der Waals surface area contributed by atoms with E-state index in [0.29, 0.717) is 22.7 Å². The highest BCUT2D eigenvalue weighted by Gasteiger charge is 2.43. The van der Waals surface area contributed by atoms with Crippen LogP contribution in [-0.4, -0.2) is 43.6 Å². The van der Waals surface area contributed by atoms with Crippen LogP contribution in [0.15, 0.2) is 36.4 Å². The van der Waals surface area contributed by atoms with E-state index in [1.165, 1.54) is 25.9 Å². The number of hydrogen-bond acceptors (Lipinski definition) is 8. The number of ether oxygens (including phenoxy) is 4. The van der Waals surface area contributed by atoms with E-state index in [-0.39, 0.29) is 18.4 Å². The molecule has 2 atom stereocenters. The molecule has 0 aliphatic carbocycles. The Morgan fingerprint density at radius 3 is 2.08 bits per heavy atom. The second kappa shape index (κ2) is 11.5. The fourth-order valence-corrected chi connectivity index (χ4v) is 4.25. The molecule has 0 aromatic heterocycles. The average molecular weight is 512 g/mol. The summed E-state index contributed by atoms with van der Waals surface area (Å²) in [5, 5.41) is 0. The minimum absolute atomic E-state index is 0.0516. The third kappa shape index (κ3) is 6.10. The topological polar surface area (TPSA) is 108 Å². The molecule has 2 aromatic rings. The fourth-order valence-electron chi connectivity index (χ4n) is 4.25. The average Bonchev–Trinajstić information content (AvgIpc) is 2.83. The van der Waals surface area contributed by atoms with E-state index in [1.54, 1.807) is 36.4 Å². The lowest BCUT2D eigenvalue weighted by molar-refractivity contribution is -0.156. The van der Waals surface area contributed by atoms with Gasteiger partial charge in [0.2, 0.25) is 6.10 Å². The highest BCUT2D eigenvalue weighted by atomic mass is 16.6. The molecule has 9 heteroatoms. The Morgan fingerprint density at radius 2 is 1.57 bits per heavy atom. The molecule has 2 aromatic carbocycles. The van der Waals surface area contributed by atoms with Crippen LogP contribution in [0.2, 0.25) is 0 Å². The zero-order chi connectivity index (χ0) is 27.4. The van der Waals surface area contributed by atoms with Crippen LogP contribution in [0.1, 0.15) is 76.2 Å². The van der Waals surface area contributed by atoms with Crippen molar-refractivity contribution in [3.05, 3.63) is 53.1 Å². The maximum atomic E-state index is 13.7. The number of methoxy groups -OCH3 is 1. The van der Waals surface area contributed by atoms with Gasteiger partial charge in [0.15, 0.2) is 6.10 Å². The number of carbonyl (C=O) groups is 4. The molecule has 1 amide bonds. The molecule has 3 rings (SSSR count). The number of anilines is 1. The van der Waals surface area contributed by atoms with Gasteiger partial charge < -0.3 is 18.9 Å². The van der Waals surface area contributed by atoms with Crippen molar-refractivity contribution in [3.63, 3.8) is 0 Å². The van der Waals surface area contributed by atoms with E-state index >= 15 is 0 Å². The second-order valence-electron chi connectivity index (χ2n) is 9.47. The van der Waals surface area contributed by atoms with Gasteiger partial charge in [0.05, 0.1) is 12.8 Å². The van der Waals surface area contributed by atoms with E-state index in [4.69, 9.17) is 18.9 Å². The van der Waals surface area contributed by atoms with E-state index in [0.717, 1.165) is 11.1 Å². The predicted molar refractivity (Wildman–Crippen MR) is 136 cm³/mol. The van der Waals surface area contributed by atoms with Gasteiger partial charge in [0.25, 0.3) is 5.91 Å². The quantitative estimate of drug-likeness (QED) is 0.378. The molecule has 0 saturated carbocycles. The Kier molecular flexibility index (Phi) is 8.57. The lowest BCUT2D eigenvalue weighted by Gasteiger charge is -2.37. The molecule has 1 aliphatic heterocycles. The van der Waals surface area contributed by atoms with Gasteiger partial charge in [0.1, 0.15) is 18.0 Å².